The summed E-state index contributed by atoms with van der Waals surface area (Å²) in [4.78, 5) is 12.3. The molecule has 0 fully saturated rings. The van der Waals surface area contributed by atoms with Gasteiger partial charge in [-0.15, -0.1) is 0 Å². The van der Waals surface area contributed by atoms with Crippen molar-refractivity contribution >= 4 is 41.2 Å². The summed E-state index contributed by atoms with van der Waals surface area (Å²) in [6.45, 7) is 11.4. The molecule has 0 atom stereocenters. The van der Waals surface area contributed by atoms with Gasteiger partial charge in [0.1, 0.15) is 13.7 Å². The van der Waals surface area contributed by atoms with Crippen LogP contribution in [-0.4, -0.2) is 21.2 Å². The molecular formula is C20H24O3Si. The Morgan fingerprint density at radius 1 is 1.08 bits per heavy atom. The van der Waals surface area contributed by atoms with Gasteiger partial charge in [-0.25, -0.2) is 4.79 Å². The summed E-state index contributed by atoms with van der Waals surface area (Å²) in [6.07, 6.45) is 0. The third-order valence-corrected chi connectivity index (χ3v) is 10.7. The van der Waals surface area contributed by atoms with E-state index in [1.807, 2.05) is 30.3 Å². The van der Waals surface area contributed by atoms with Crippen molar-refractivity contribution in [2.45, 2.75) is 38.9 Å². The number of hydrogen-bond acceptors (Lipinski definition) is 3. The lowest BCUT2D eigenvalue weighted by molar-refractivity contribution is 0.0603. The molecule has 0 aliphatic rings. The zero-order valence-electron chi connectivity index (χ0n) is 15.2. The topological polar surface area (TPSA) is 39.4 Å². The Morgan fingerprint density at radius 3 is 2.38 bits per heavy atom. The normalized spacial score (nSPS) is 12.8. The summed E-state index contributed by atoms with van der Waals surface area (Å²) >= 11 is 0. The number of methoxy groups -OCH3 is 1. The molecule has 0 bridgehead atoms. The quantitative estimate of drug-likeness (QED) is 0.482. The summed E-state index contributed by atoms with van der Waals surface area (Å²) < 4.78 is 11.3. The van der Waals surface area contributed by atoms with Crippen LogP contribution < -0.4 is 5.38 Å². The molecule has 2 aromatic carbocycles. The highest BCUT2D eigenvalue weighted by atomic mass is 28.3. The van der Waals surface area contributed by atoms with Crippen molar-refractivity contribution in [3.63, 3.8) is 0 Å². The molecule has 3 aromatic rings. The Hall–Kier alpha value is -2.07. The zero-order chi connectivity index (χ0) is 17.7. The van der Waals surface area contributed by atoms with Crippen LogP contribution in [-0.2, 0) is 4.74 Å². The lowest BCUT2D eigenvalue weighted by Gasteiger charge is -2.34. The maximum Gasteiger partial charge on any atom is 0.338 e. The number of fused-ring (bicyclic) bond motifs is 3. The summed E-state index contributed by atoms with van der Waals surface area (Å²) in [5, 5.41) is 4.04. The van der Waals surface area contributed by atoms with Crippen LogP contribution in [0.3, 0.4) is 0 Å². The van der Waals surface area contributed by atoms with E-state index in [9.17, 15) is 4.79 Å². The second kappa shape index (κ2) is 5.48. The first-order valence-corrected chi connectivity index (χ1v) is 11.2. The first-order valence-electron chi connectivity index (χ1n) is 8.21. The highest BCUT2D eigenvalue weighted by molar-refractivity contribution is 6.91. The fraction of sp³-hybridized carbons (Fsp3) is 0.350. The number of furan rings is 1. The van der Waals surface area contributed by atoms with Crippen LogP contribution in [0.1, 0.15) is 31.1 Å². The van der Waals surface area contributed by atoms with Crippen LogP contribution in [0, 0.1) is 0 Å². The average Bonchev–Trinajstić information content (AvgIpc) is 2.98. The molecule has 0 amide bonds. The molecule has 4 heteroatoms. The lowest BCUT2D eigenvalue weighted by atomic mass is 10.0. The van der Waals surface area contributed by atoms with Crippen molar-refractivity contribution in [2.24, 2.45) is 0 Å². The van der Waals surface area contributed by atoms with E-state index in [-0.39, 0.29) is 11.0 Å². The van der Waals surface area contributed by atoms with Gasteiger partial charge in [-0.2, -0.15) is 0 Å². The Labute approximate surface area is 143 Å². The summed E-state index contributed by atoms with van der Waals surface area (Å²) in [5.41, 5.74) is 1.35. The largest absolute Gasteiger partial charge is 0.466 e. The summed E-state index contributed by atoms with van der Waals surface area (Å²) in [5.74, 6) is -0.326. The number of esters is 1. The first-order chi connectivity index (χ1) is 11.2. The smallest absolute Gasteiger partial charge is 0.338 e. The van der Waals surface area contributed by atoms with E-state index >= 15 is 0 Å². The minimum Gasteiger partial charge on any atom is -0.466 e. The van der Waals surface area contributed by atoms with Gasteiger partial charge in [0.05, 0.1) is 18.1 Å². The van der Waals surface area contributed by atoms with Crippen LogP contribution in [0.15, 0.2) is 40.8 Å². The molecular weight excluding hydrogens is 316 g/mol. The standard InChI is InChI=1S/C20H24O3Si/c1-20(2,3)24(5,6)17-12-15-16(19(21)22-4)11-13-9-7-8-10-14(13)18(15)23-17/h7-12H,1-6H3. The number of carbonyl (C=O) groups excluding carboxylic acids is 1. The Kier molecular flexibility index (Phi) is 3.83. The van der Waals surface area contributed by atoms with Gasteiger partial charge in [-0.3, -0.25) is 0 Å². The third-order valence-electron chi connectivity index (χ3n) is 5.42. The molecule has 1 heterocycles. The highest BCUT2D eigenvalue weighted by Gasteiger charge is 2.40. The molecule has 0 aliphatic heterocycles. The second-order valence-corrected chi connectivity index (χ2v) is 13.1. The van der Waals surface area contributed by atoms with Gasteiger partial charge in [0, 0.05) is 10.8 Å². The Morgan fingerprint density at radius 2 is 1.75 bits per heavy atom. The molecule has 3 rings (SSSR count). The molecule has 1 aromatic heterocycles. The van der Waals surface area contributed by atoms with Crippen molar-refractivity contribution < 1.29 is 13.9 Å². The molecule has 0 unspecified atom stereocenters. The van der Waals surface area contributed by atoms with Gasteiger partial charge >= 0.3 is 5.97 Å². The van der Waals surface area contributed by atoms with E-state index < -0.39 is 8.07 Å². The Balaban J connectivity index is 2.39. The van der Waals surface area contributed by atoms with E-state index in [1.165, 1.54) is 7.11 Å². The van der Waals surface area contributed by atoms with Crippen LogP contribution in [0.25, 0.3) is 21.7 Å². The van der Waals surface area contributed by atoms with Crippen molar-refractivity contribution in [1.29, 1.82) is 0 Å². The number of benzene rings is 2. The van der Waals surface area contributed by atoms with Gasteiger partial charge < -0.3 is 9.15 Å². The van der Waals surface area contributed by atoms with Crippen molar-refractivity contribution in [2.75, 3.05) is 7.11 Å². The number of ether oxygens (including phenoxy) is 1. The minimum atomic E-state index is -1.84. The number of carbonyl (C=O) groups is 1. The van der Waals surface area contributed by atoms with E-state index in [0.717, 1.165) is 27.1 Å². The van der Waals surface area contributed by atoms with E-state index in [4.69, 9.17) is 9.15 Å². The second-order valence-electron chi connectivity index (χ2n) is 7.87. The first kappa shape index (κ1) is 16.8. The summed E-state index contributed by atoms with van der Waals surface area (Å²) in [6, 6.07) is 12.0. The molecule has 0 saturated heterocycles. The maximum absolute atomic E-state index is 12.3. The zero-order valence-corrected chi connectivity index (χ0v) is 16.2. The molecule has 0 spiro atoms. The van der Waals surface area contributed by atoms with Crippen LogP contribution >= 0.6 is 0 Å². The molecule has 0 aliphatic carbocycles. The lowest BCUT2D eigenvalue weighted by Crippen LogP contribution is -2.48. The Bertz CT molecular complexity index is 929. The molecule has 0 saturated carbocycles. The SMILES string of the molecule is COC(=O)c1cc2ccccc2c2oc([Si](C)(C)C(C)(C)C)cc12. The van der Waals surface area contributed by atoms with E-state index in [2.05, 4.69) is 39.9 Å². The monoisotopic (exact) mass is 340 g/mol. The van der Waals surface area contributed by atoms with Crippen molar-refractivity contribution in [1.82, 2.24) is 0 Å². The molecule has 24 heavy (non-hydrogen) atoms. The van der Waals surface area contributed by atoms with Crippen molar-refractivity contribution in [3.8, 4) is 0 Å². The van der Waals surface area contributed by atoms with Crippen LogP contribution in [0.5, 0.6) is 0 Å². The van der Waals surface area contributed by atoms with Gasteiger partial charge in [0.25, 0.3) is 0 Å². The number of hydrogen-bond donors (Lipinski definition) is 0. The highest BCUT2D eigenvalue weighted by Crippen LogP contribution is 2.38. The molecule has 126 valence electrons. The number of rotatable bonds is 2. The minimum absolute atomic E-state index is 0.155. The third kappa shape index (κ3) is 2.45. The van der Waals surface area contributed by atoms with Gasteiger partial charge in [0.15, 0.2) is 0 Å². The van der Waals surface area contributed by atoms with E-state index in [0.29, 0.717) is 5.56 Å². The molecule has 0 N–H and O–H groups in total. The predicted octanol–water partition coefficient (Wildman–Crippen LogP) is 5.09. The average molecular weight is 340 g/mol. The summed E-state index contributed by atoms with van der Waals surface area (Å²) in [7, 11) is -0.423. The van der Waals surface area contributed by atoms with Gasteiger partial charge in [0.2, 0.25) is 0 Å². The molecule has 0 radical (unpaired) electrons. The van der Waals surface area contributed by atoms with Gasteiger partial charge in [-0.1, -0.05) is 58.1 Å². The maximum atomic E-state index is 12.3. The predicted molar refractivity (Wildman–Crippen MR) is 102 cm³/mol. The van der Waals surface area contributed by atoms with Gasteiger partial charge in [-0.05, 0) is 22.6 Å². The van der Waals surface area contributed by atoms with E-state index in [1.54, 1.807) is 0 Å². The van der Waals surface area contributed by atoms with Crippen molar-refractivity contribution in [3.05, 3.63) is 42.0 Å². The fourth-order valence-electron chi connectivity index (χ4n) is 2.81. The molecule has 3 nitrogen and oxygen atoms in total. The fourth-order valence-corrected chi connectivity index (χ4v) is 4.41. The van der Waals surface area contributed by atoms with Crippen LogP contribution in [0.2, 0.25) is 18.1 Å². The van der Waals surface area contributed by atoms with Crippen LogP contribution in [0.4, 0.5) is 0 Å².